The van der Waals surface area contributed by atoms with Crippen LogP contribution in [0.2, 0.25) is 0 Å². The van der Waals surface area contributed by atoms with Crippen LogP contribution in [0.4, 0.5) is 11.4 Å². The molecule has 104 valence electrons. The van der Waals surface area contributed by atoms with Crippen LogP contribution in [-0.4, -0.2) is 15.7 Å². The molecular formula is C17H15N3O. The van der Waals surface area contributed by atoms with Crippen molar-refractivity contribution in [1.29, 1.82) is 0 Å². The van der Waals surface area contributed by atoms with Gasteiger partial charge in [0.2, 0.25) is 0 Å². The van der Waals surface area contributed by atoms with Gasteiger partial charge in [-0.1, -0.05) is 36.4 Å². The highest BCUT2D eigenvalue weighted by Crippen LogP contribution is 2.25. The summed E-state index contributed by atoms with van der Waals surface area (Å²) >= 11 is 0. The van der Waals surface area contributed by atoms with E-state index in [1.165, 1.54) is 0 Å². The van der Waals surface area contributed by atoms with Gasteiger partial charge in [-0.25, -0.2) is 0 Å². The molecule has 1 amide bonds. The molecular weight excluding hydrogens is 262 g/mol. The van der Waals surface area contributed by atoms with Gasteiger partial charge in [-0.2, -0.15) is 5.10 Å². The van der Waals surface area contributed by atoms with E-state index in [4.69, 9.17) is 0 Å². The first-order valence-electron chi connectivity index (χ1n) is 6.75. The molecule has 1 heterocycles. The Morgan fingerprint density at radius 2 is 1.48 bits per heavy atom. The standard InChI is InChI=1S/C17H15N3O/c21-17(14-19-13-7-12-18-19)20(15-8-3-1-4-9-15)16-10-5-2-6-11-16/h1-13H,14H2. The predicted octanol–water partition coefficient (Wildman–Crippen LogP) is 3.25. The Morgan fingerprint density at radius 1 is 0.905 bits per heavy atom. The van der Waals surface area contributed by atoms with Gasteiger partial charge in [-0.3, -0.25) is 14.4 Å². The summed E-state index contributed by atoms with van der Waals surface area (Å²) in [7, 11) is 0. The molecule has 2 aromatic carbocycles. The fourth-order valence-electron chi connectivity index (χ4n) is 2.19. The summed E-state index contributed by atoms with van der Waals surface area (Å²) < 4.78 is 1.63. The lowest BCUT2D eigenvalue weighted by Gasteiger charge is -2.23. The van der Waals surface area contributed by atoms with Crippen molar-refractivity contribution in [1.82, 2.24) is 9.78 Å². The molecule has 0 unspecified atom stereocenters. The van der Waals surface area contributed by atoms with E-state index in [1.807, 2.05) is 66.7 Å². The van der Waals surface area contributed by atoms with Crippen LogP contribution in [0, 0.1) is 0 Å². The van der Waals surface area contributed by atoms with Crippen LogP contribution in [-0.2, 0) is 11.3 Å². The lowest BCUT2D eigenvalue weighted by molar-refractivity contribution is -0.118. The highest BCUT2D eigenvalue weighted by molar-refractivity contribution is 6.00. The minimum absolute atomic E-state index is 0.0314. The third-order valence-corrected chi connectivity index (χ3v) is 3.13. The van der Waals surface area contributed by atoms with Crippen molar-refractivity contribution in [3.05, 3.63) is 79.1 Å². The lowest BCUT2D eigenvalue weighted by atomic mass is 10.2. The Labute approximate surface area is 123 Å². The molecule has 0 fully saturated rings. The van der Waals surface area contributed by atoms with Crippen LogP contribution in [0.25, 0.3) is 0 Å². The molecule has 1 aromatic heterocycles. The van der Waals surface area contributed by atoms with Crippen LogP contribution >= 0.6 is 0 Å². The average Bonchev–Trinajstić information content (AvgIpc) is 3.02. The number of carbonyl (C=O) groups is 1. The number of rotatable bonds is 4. The Morgan fingerprint density at radius 3 is 1.95 bits per heavy atom. The molecule has 4 nitrogen and oxygen atoms in total. The van der Waals surface area contributed by atoms with Crippen LogP contribution in [0.5, 0.6) is 0 Å². The van der Waals surface area contributed by atoms with Crippen molar-refractivity contribution in [2.75, 3.05) is 4.90 Å². The van der Waals surface area contributed by atoms with E-state index in [1.54, 1.807) is 22.0 Å². The zero-order valence-corrected chi connectivity index (χ0v) is 11.5. The fourth-order valence-corrected chi connectivity index (χ4v) is 2.19. The van der Waals surface area contributed by atoms with Crippen LogP contribution in [0.1, 0.15) is 0 Å². The van der Waals surface area contributed by atoms with Gasteiger partial charge in [0, 0.05) is 23.8 Å². The van der Waals surface area contributed by atoms with E-state index in [2.05, 4.69) is 5.10 Å². The molecule has 3 rings (SSSR count). The topological polar surface area (TPSA) is 38.1 Å². The molecule has 0 aliphatic carbocycles. The monoisotopic (exact) mass is 277 g/mol. The highest BCUT2D eigenvalue weighted by atomic mass is 16.2. The molecule has 0 radical (unpaired) electrons. The van der Waals surface area contributed by atoms with Crippen LogP contribution in [0.15, 0.2) is 79.1 Å². The number of hydrogen-bond acceptors (Lipinski definition) is 2. The zero-order chi connectivity index (χ0) is 14.5. The van der Waals surface area contributed by atoms with Crippen molar-refractivity contribution in [2.45, 2.75) is 6.54 Å². The molecule has 3 aromatic rings. The number of benzene rings is 2. The van der Waals surface area contributed by atoms with E-state index in [0.29, 0.717) is 0 Å². The summed E-state index contributed by atoms with van der Waals surface area (Å²) in [5, 5.41) is 4.10. The second-order valence-corrected chi connectivity index (χ2v) is 4.60. The summed E-state index contributed by atoms with van der Waals surface area (Å²) in [6, 6.07) is 21.1. The third kappa shape index (κ3) is 3.00. The molecule has 21 heavy (non-hydrogen) atoms. The molecule has 0 aliphatic rings. The van der Waals surface area contributed by atoms with E-state index in [-0.39, 0.29) is 12.5 Å². The normalized spacial score (nSPS) is 10.3. The molecule has 4 heteroatoms. The van der Waals surface area contributed by atoms with E-state index in [0.717, 1.165) is 11.4 Å². The number of amides is 1. The summed E-state index contributed by atoms with van der Waals surface area (Å²) in [4.78, 5) is 14.4. The first kappa shape index (κ1) is 13.1. The molecule has 0 saturated heterocycles. The van der Waals surface area contributed by atoms with Gasteiger partial charge in [0.05, 0.1) is 0 Å². The number of hydrogen-bond donors (Lipinski definition) is 0. The average molecular weight is 277 g/mol. The fraction of sp³-hybridized carbons (Fsp3) is 0.0588. The second-order valence-electron chi connectivity index (χ2n) is 4.60. The zero-order valence-electron chi connectivity index (χ0n) is 11.5. The maximum Gasteiger partial charge on any atom is 0.253 e. The van der Waals surface area contributed by atoms with Crippen molar-refractivity contribution in [3.8, 4) is 0 Å². The molecule has 0 bridgehead atoms. The summed E-state index contributed by atoms with van der Waals surface area (Å²) in [5.74, 6) is -0.0314. The molecule has 0 aliphatic heterocycles. The Bertz CT molecular complexity index is 654. The molecule has 0 N–H and O–H groups in total. The quantitative estimate of drug-likeness (QED) is 0.734. The van der Waals surface area contributed by atoms with Crippen LogP contribution in [0.3, 0.4) is 0 Å². The van der Waals surface area contributed by atoms with E-state index < -0.39 is 0 Å². The molecule has 0 spiro atoms. The predicted molar refractivity (Wildman–Crippen MR) is 82.3 cm³/mol. The van der Waals surface area contributed by atoms with Gasteiger partial charge >= 0.3 is 0 Å². The van der Waals surface area contributed by atoms with Crippen LogP contribution < -0.4 is 4.90 Å². The van der Waals surface area contributed by atoms with Gasteiger partial charge in [0.25, 0.3) is 5.91 Å². The maximum atomic E-state index is 12.7. The number of para-hydroxylation sites is 2. The first-order chi connectivity index (χ1) is 10.3. The number of aromatic nitrogens is 2. The minimum atomic E-state index is -0.0314. The van der Waals surface area contributed by atoms with Crippen molar-refractivity contribution >= 4 is 17.3 Å². The van der Waals surface area contributed by atoms with Gasteiger partial charge in [-0.15, -0.1) is 0 Å². The van der Waals surface area contributed by atoms with Gasteiger partial charge in [0.1, 0.15) is 6.54 Å². The Balaban J connectivity index is 1.95. The summed E-state index contributed by atoms with van der Waals surface area (Å²) in [6.07, 6.45) is 3.45. The maximum absolute atomic E-state index is 12.7. The summed E-state index contributed by atoms with van der Waals surface area (Å²) in [6.45, 7) is 0.205. The van der Waals surface area contributed by atoms with E-state index in [9.17, 15) is 4.79 Å². The van der Waals surface area contributed by atoms with Gasteiger partial charge < -0.3 is 0 Å². The van der Waals surface area contributed by atoms with Gasteiger partial charge in [-0.05, 0) is 30.3 Å². The second kappa shape index (κ2) is 6.05. The van der Waals surface area contributed by atoms with Gasteiger partial charge in [0.15, 0.2) is 0 Å². The largest absolute Gasteiger partial charge is 0.279 e. The van der Waals surface area contributed by atoms with Crippen molar-refractivity contribution in [3.63, 3.8) is 0 Å². The highest BCUT2D eigenvalue weighted by Gasteiger charge is 2.17. The minimum Gasteiger partial charge on any atom is -0.279 e. The summed E-state index contributed by atoms with van der Waals surface area (Å²) in [5.41, 5.74) is 1.70. The number of nitrogens with zero attached hydrogens (tertiary/aromatic N) is 3. The first-order valence-corrected chi connectivity index (χ1v) is 6.75. The number of carbonyl (C=O) groups excluding carboxylic acids is 1. The Kier molecular flexibility index (Phi) is 3.78. The number of anilines is 2. The Hall–Kier alpha value is -2.88. The smallest absolute Gasteiger partial charge is 0.253 e. The lowest BCUT2D eigenvalue weighted by Crippen LogP contribution is -2.29. The molecule has 0 atom stereocenters. The SMILES string of the molecule is O=C(Cn1cccn1)N(c1ccccc1)c1ccccc1. The third-order valence-electron chi connectivity index (χ3n) is 3.13. The van der Waals surface area contributed by atoms with E-state index >= 15 is 0 Å². The molecule has 0 saturated carbocycles. The van der Waals surface area contributed by atoms with Crippen molar-refractivity contribution < 1.29 is 4.79 Å². The van der Waals surface area contributed by atoms with Crippen molar-refractivity contribution in [2.24, 2.45) is 0 Å².